The molecule has 2 aromatic rings. The molecule has 1 unspecified atom stereocenters. The Morgan fingerprint density at radius 1 is 1.29 bits per heavy atom. The molecule has 0 fully saturated rings. The van der Waals surface area contributed by atoms with E-state index < -0.39 is 0 Å². The van der Waals surface area contributed by atoms with E-state index in [-0.39, 0.29) is 6.04 Å². The van der Waals surface area contributed by atoms with Crippen LogP contribution in [0.3, 0.4) is 0 Å². The highest BCUT2D eigenvalue weighted by Gasteiger charge is 2.13. The Labute approximate surface area is 130 Å². The highest BCUT2D eigenvalue weighted by Crippen LogP contribution is 2.24. The minimum Gasteiger partial charge on any atom is -0.339 e. The van der Waals surface area contributed by atoms with Crippen LogP contribution in [0.25, 0.3) is 0 Å². The molecule has 1 aromatic heterocycles. The first-order valence-electron chi connectivity index (χ1n) is 7.30. The van der Waals surface area contributed by atoms with Crippen LogP contribution >= 0.6 is 11.8 Å². The molecule has 0 saturated carbocycles. The van der Waals surface area contributed by atoms with Crippen molar-refractivity contribution in [3.05, 3.63) is 41.5 Å². The van der Waals surface area contributed by atoms with Crippen molar-refractivity contribution in [2.45, 2.75) is 50.3 Å². The van der Waals surface area contributed by atoms with Gasteiger partial charge in [-0.05, 0) is 30.9 Å². The van der Waals surface area contributed by atoms with Crippen molar-refractivity contribution in [2.24, 2.45) is 11.7 Å². The number of nitrogens with two attached hydrogens (primary N) is 1. The van der Waals surface area contributed by atoms with Gasteiger partial charge in [0.05, 0.1) is 5.75 Å². The van der Waals surface area contributed by atoms with Gasteiger partial charge in [-0.2, -0.15) is 4.98 Å². The van der Waals surface area contributed by atoms with Gasteiger partial charge in [-0.15, -0.1) is 11.8 Å². The van der Waals surface area contributed by atoms with Crippen LogP contribution in [0.1, 0.15) is 37.5 Å². The van der Waals surface area contributed by atoms with E-state index >= 15 is 0 Å². The van der Waals surface area contributed by atoms with Crippen LogP contribution in [0.15, 0.2) is 33.7 Å². The molecule has 1 atom stereocenters. The number of hydrogen-bond donors (Lipinski definition) is 1. The Kier molecular flexibility index (Phi) is 5.82. The Morgan fingerprint density at radius 2 is 2.05 bits per heavy atom. The molecule has 2 N–H and O–H groups in total. The van der Waals surface area contributed by atoms with E-state index in [1.165, 1.54) is 10.5 Å². The van der Waals surface area contributed by atoms with Crippen LogP contribution in [0, 0.1) is 12.8 Å². The molecular formula is C16H23N3OS. The van der Waals surface area contributed by atoms with Crippen molar-refractivity contribution in [2.75, 3.05) is 0 Å². The molecule has 0 aliphatic carbocycles. The number of aryl methyl sites for hydroxylation is 1. The second-order valence-electron chi connectivity index (χ2n) is 5.75. The Morgan fingerprint density at radius 3 is 2.76 bits per heavy atom. The SMILES string of the molecule is Cc1ccccc1SCc1noc(CC(N)CC(C)C)n1. The van der Waals surface area contributed by atoms with Gasteiger partial charge in [0.15, 0.2) is 5.82 Å². The number of aromatic nitrogens is 2. The highest BCUT2D eigenvalue weighted by molar-refractivity contribution is 7.98. The van der Waals surface area contributed by atoms with Crippen molar-refractivity contribution in [1.82, 2.24) is 10.1 Å². The van der Waals surface area contributed by atoms with Crippen molar-refractivity contribution < 1.29 is 4.52 Å². The van der Waals surface area contributed by atoms with Gasteiger partial charge in [0.1, 0.15) is 0 Å². The van der Waals surface area contributed by atoms with E-state index in [0.29, 0.717) is 24.0 Å². The number of benzene rings is 1. The van der Waals surface area contributed by atoms with Crippen molar-refractivity contribution in [1.29, 1.82) is 0 Å². The van der Waals surface area contributed by atoms with Crippen LogP contribution in [0.5, 0.6) is 0 Å². The monoisotopic (exact) mass is 305 g/mol. The van der Waals surface area contributed by atoms with Gasteiger partial charge in [0, 0.05) is 17.4 Å². The molecule has 0 amide bonds. The van der Waals surface area contributed by atoms with E-state index in [0.717, 1.165) is 12.2 Å². The first kappa shape index (κ1) is 16.0. The Balaban J connectivity index is 1.87. The maximum atomic E-state index is 6.07. The van der Waals surface area contributed by atoms with E-state index in [9.17, 15) is 0 Å². The molecule has 1 aromatic carbocycles. The molecule has 0 aliphatic rings. The lowest BCUT2D eigenvalue weighted by atomic mass is 10.0. The summed E-state index contributed by atoms with van der Waals surface area (Å²) < 4.78 is 5.28. The number of rotatable bonds is 7. The first-order valence-corrected chi connectivity index (χ1v) is 8.28. The van der Waals surface area contributed by atoms with Crippen LogP contribution in [-0.4, -0.2) is 16.2 Å². The van der Waals surface area contributed by atoms with E-state index in [1.807, 2.05) is 12.1 Å². The predicted octanol–water partition coefficient (Wildman–Crippen LogP) is 3.59. The quantitative estimate of drug-likeness (QED) is 0.792. The lowest BCUT2D eigenvalue weighted by Crippen LogP contribution is -2.24. The molecule has 5 heteroatoms. The van der Waals surface area contributed by atoms with Crippen LogP contribution in [-0.2, 0) is 12.2 Å². The van der Waals surface area contributed by atoms with Gasteiger partial charge >= 0.3 is 0 Å². The lowest BCUT2D eigenvalue weighted by Gasteiger charge is -2.10. The molecule has 114 valence electrons. The fourth-order valence-corrected chi connectivity index (χ4v) is 3.08. The van der Waals surface area contributed by atoms with Crippen molar-refractivity contribution >= 4 is 11.8 Å². The number of thioether (sulfide) groups is 1. The molecule has 0 radical (unpaired) electrons. The van der Waals surface area contributed by atoms with E-state index in [4.69, 9.17) is 10.3 Å². The summed E-state index contributed by atoms with van der Waals surface area (Å²) in [4.78, 5) is 5.67. The summed E-state index contributed by atoms with van der Waals surface area (Å²) in [6.07, 6.45) is 1.62. The molecule has 0 aliphatic heterocycles. The summed E-state index contributed by atoms with van der Waals surface area (Å²) >= 11 is 1.73. The fraction of sp³-hybridized carbons (Fsp3) is 0.500. The Bertz CT molecular complexity index is 568. The van der Waals surface area contributed by atoms with Gasteiger partial charge in [-0.3, -0.25) is 0 Å². The molecule has 0 bridgehead atoms. The molecule has 4 nitrogen and oxygen atoms in total. The average molecular weight is 305 g/mol. The third-order valence-electron chi connectivity index (χ3n) is 3.17. The van der Waals surface area contributed by atoms with Crippen LogP contribution < -0.4 is 5.73 Å². The maximum absolute atomic E-state index is 6.07. The van der Waals surface area contributed by atoms with Gasteiger partial charge in [-0.25, -0.2) is 0 Å². The van der Waals surface area contributed by atoms with Gasteiger partial charge < -0.3 is 10.3 Å². The zero-order chi connectivity index (χ0) is 15.2. The zero-order valence-corrected chi connectivity index (χ0v) is 13.7. The molecule has 1 heterocycles. The third kappa shape index (κ3) is 5.17. The number of nitrogens with zero attached hydrogens (tertiary/aromatic N) is 2. The Hall–Kier alpha value is -1.33. The largest absolute Gasteiger partial charge is 0.339 e. The summed E-state index contributed by atoms with van der Waals surface area (Å²) in [5, 5.41) is 4.03. The fourth-order valence-electron chi connectivity index (χ4n) is 2.21. The summed E-state index contributed by atoms with van der Waals surface area (Å²) in [7, 11) is 0. The summed E-state index contributed by atoms with van der Waals surface area (Å²) in [6.45, 7) is 6.44. The van der Waals surface area contributed by atoms with Gasteiger partial charge in [-0.1, -0.05) is 37.2 Å². The third-order valence-corrected chi connectivity index (χ3v) is 4.34. The molecule has 2 rings (SSSR count). The van der Waals surface area contributed by atoms with Crippen molar-refractivity contribution in [3.8, 4) is 0 Å². The molecular weight excluding hydrogens is 282 g/mol. The van der Waals surface area contributed by atoms with Crippen molar-refractivity contribution in [3.63, 3.8) is 0 Å². The standard InChI is InChI=1S/C16H23N3OS/c1-11(2)8-13(17)9-16-18-15(19-20-16)10-21-14-7-5-4-6-12(14)3/h4-7,11,13H,8-10,17H2,1-3H3. The lowest BCUT2D eigenvalue weighted by molar-refractivity contribution is 0.356. The zero-order valence-electron chi connectivity index (χ0n) is 12.9. The van der Waals surface area contributed by atoms with E-state index in [1.54, 1.807) is 11.8 Å². The molecule has 0 saturated heterocycles. The van der Waals surface area contributed by atoms with E-state index in [2.05, 4.69) is 43.0 Å². The predicted molar refractivity (Wildman–Crippen MR) is 86.2 cm³/mol. The van der Waals surface area contributed by atoms with Crippen LogP contribution in [0.4, 0.5) is 0 Å². The first-order chi connectivity index (χ1) is 10.0. The second kappa shape index (κ2) is 7.61. The minimum absolute atomic E-state index is 0.0855. The molecule has 0 spiro atoms. The van der Waals surface area contributed by atoms with Gasteiger partial charge in [0.2, 0.25) is 5.89 Å². The average Bonchev–Trinajstić information content (AvgIpc) is 2.84. The second-order valence-corrected chi connectivity index (χ2v) is 6.77. The summed E-state index contributed by atoms with van der Waals surface area (Å²) in [5.41, 5.74) is 7.34. The summed E-state index contributed by atoms with van der Waals surface area (Å²) in [6, 6.07) is 8.39. The topological polar surface area (TPSA) is 64.9 Å². The molecule has 21 heavy (non-hydrogen) atoms. The van der Waals surface area contributed by atoms with Crippen LogP contribution in [0.2, 0.25) is 0 Å². The smallest absolute Gasteiger partial charge is 0.228 e. The maximum Gasteiger partial charge on any atom is 0.228 e. The highest BCUT2D eigenvalue weighted by atomic mass is 32.2. The van der Waals surface area contributed by atoms with Gasteiger partial charge in [0.25, 0.3) is 0 Å². The normalized spacial score (nSPS) is 12.8. The minimum atomic E-state index is 0.0855. The number of hydrogen-bond acceptors (Lipinski definition) is 5. The summed E-state index contributed by atoms with van der Waals surface area (Å²) in [5.74, 6) is 2.67.